The SMILES string of the molecule is O=C(CCc1nc(-c2ccsc2)no1)NC1CCN(C(=O)c2ccoc2)CC1. The van der Waals surface area contributed by atoms with Crippen LogP contribution in [0.1, 0.15) is 35.5 Å². The van der Waals surface area contributed by atoms with E-state index >= 15 is 0 Å². The van der Waals surface area contributed by atoms with Crippen molar-refractivity contribution in [3.8, 4) is 11.4 Å². The third-order valence-corrected chi connectivity index (χ3v) is 5.41. The van der Waals surface area contributed by atoms with Gasteiger partial charge in [-0.25, -0.2) is 0 Å². The molecule has 0 spiro atoms. The van der Waals surface area contributed by atoms with Crippen LogP contribution in [0.25, 0.3) is 11.4 Å². The minimum Gasteiger partial charge on any atom is -0.472 e. The van der Waals surface area contributed by atoms with E-state index in [4.69, 9.17) is 8.94 Å². The highest BCUT2D eigenvalue weighted by Crippen LogP contribution is 2.19. The minimum absolute atomic E-state index is 0.0312. The summed E-state index contributed by atoms with van der Waals surface area (Å²) in [7, 11) is 0. The Hall–Kier alpha value is -2.94. The van der Waals surface area contributed by atoms with Crippen molar-refractivity contribution in [2.24, 2.45) is 0 Å². The van der Waals surface area contributed by atoms with Crippen LogP contribution in [0.15, 0.2) is 44.4 Å². The summed E-state index contributed by atoms with van der Waals surface area (Å²) >= 11 is 1.57. The summed E-state index contributed by atoms with van der Waals surface area (Å²) < 4.78 is 10.2. The first-order chi connectivity index (χ1) is 13.7. The van der Waals surface area contributed by atoms with Crippen molar-refractivity contribution < 1.29 is 18.5 Å². The fraction of sp³-hybridized carbons (Fsp3) is 0.368. The molecule has 2 amide bonds. The van der Waals surface area contributed by atoms with Gasteiger partial charge in [-0.1, -0.05) is 5.16 Å². The predicted molar refractivity (Wildman–Crippen MR) is 102 cm³/mol. The molecule has 1 saturated heterocycles. The Morgan fingerprint density at radius 2 is 2.14 bits per heavy atom. The van der Waals surface area contributed by atoms with E-state index in [9.17, 15) is 9.59 Å². The number of carbonyl (C=O) groups is 2. The maximum absolute atomic E-state index is 12.3. The molecule has 146 valence electrons. The van der Waals surface area contributed by atoms with Crippen LogP contribution in [0.3, 0.4) is 0 Å². The lowest BCUT2D eigenvalue weighted by atomic mass is 10.0. The van der Waals surface area contributed by atoms with Gasteiger partial charge in [0.05, 0.1) is 11.8 Å². The van der Waals surface area contributed by atoms with E-state index in [2.05, 4.69) is 15.5 Å². The maximum atomic E-state index is 12.3. The van der Waals surface area contributed by atoms with E-state index in [0.29, 0.717) is 43.2 Å². The Morgan fingerprint density at radius 1 is 1.29 bits per heavy atom. The normalized spacial score (nSPS) is 14.9. The molecule has 3 aromatic rings. The molecular weight excluding hydrogens is 380 g/mol. The molecule has 0 bridgehead atoms. The zero-order chi connectivity index (χ0) is 19.3. The van der Waals surface area contributed by atoms with Gasteiger partial charge < -0.3 is 19.2 Å². The summed E-state index contributed by atoms with van der Waals surface area (Å²) in [5, 5.41) is 10.9. The molecule has 3 aromatic heterocycles. The first-order valence-electron chi connectivity index (χ1n) is 9.15. The fourth-order valence-electron chi connectivity index (χ4n) is 3.18. The molecule has 1 aliphatic rings. The number of hydrogen-bond donors (Lipinski definition) is 1. The second-order valence-corrected chi connectivity index (χ2v) is 7.45. The third kappa shape index (κ3) is 4.30. The molecule has 28 heavy (non-hydrogen) atoms. The van der Waals surface area contributed by atoms with Gasteiger partial charge in [-0.15, -0.1) is 0 Å². The van der Waals surface area contributed by atoms with Gasteiger partial charge in [0.15, 0.2) is 0 Å². The van der Waals surface area contributed by atoms with Gasteiger partial charge in [-0.2, -0.15) is 16.3 Å². The van der Waals surface area contributed by atoms with Gasteiger partial charge >= 0.3 is 0 Å². The van der Waals surface area contributed by atoms with Crippen molar-refractivity contribution in [1.82, 2.24) is 20.4 Å². The summed E-state index contributed by atoms with van der Waals surface area (Å²) in [6.45, 7) is 1.23. The molecule has 8 nitrogen and oxygen atoms in total. The molecule has 1 aliphatic heterocycles. The summed E-state index contributed by atoms with van der Waals surface area (Å²) in [6.07, 6.45) is 5.11. The van der Waals surface area contributed by atoms with Crippen molar-refractivity contribution >= 4 is 23.2 Å². The number of furan rings is 1. The summed E-state index contributed by atoms with van der Waals surface area (Å²) in [5.41, 5.74) is 1.48. The van der Waals surface area contributed by atoms with Crippen LogP contribution in [0.4, 0.5) is 0 Å². The first kappa shape index (κ1) is 18.4. The Morgan fingerprint density at radius 3 is 2.86 bits per heavy atom. The summed E-state index contributed by atoms with van der Waals surface area (Å²) in [4.78, 5) is 30.6. The average Bonchev–Trinajstić information content (AvgIpc) is 3.49. The largest absolute Gasteiger partial charge is 0.472 e. The Balaban J connectivity index is 1.20. The zero-order valence-electron chi connectivity index (χ0n) is 15.2. The van der Waals surface area contributed by atoms with Crippen LogP contribution < -0.4 is 5.32 Å². The van der Waals surface area contributed by atoms with Gasteiger partial charge in [0.2, 0.25) is 17.6 Å². The van der Waals surface area contributed by atoms with E-state index in [-0.39, 0.29) is 17.9 Å². The van der Waals surface area contributed by atoms with E-state index < -0.39 is 0 Å². The molecule has 1 N–H and O–H groups in total. The van der Waals surface area contributed by atoms with E-state index in [1.54, 1.807) is 22.3 Å². The molecule has 0 saturated carbocycles. The molecule has 4 rings (SSSR count). The third-order valence-electron chi connectivity index (χ3n) is 4.73. The number of aryl methyl sites for hydroxylation is 1. The Labute approximate surface area is 165 Å². The van der Waals surface area contributed by atoms with Crippen LogP contribution >= 0.6 is 11.3 Å². The number of nitrogens with zero attached hydrogens (tertiary/aromatic N) is 3. The lowest BCUT2D eigenvalue weighted by Crippen LogP contribution is -2.46. The minimum atomic E-state index is -0.0464. The van der Waals surface area contributed by atoms with Gasteiger partial charge in [0.25, 0.3) is 5.91 Å². The number of amides is 2. The quantitative estimate of drug-likeness (QED) is 0.683. The Kier molecular flexibility index (Phi) is 5.52. The monoisotopic (exact) mass is 400 g/mol. The smallest absolute Gasteiger partial charge is 0.257 e. The van der Waals surface area contributed by atoms with Gasteiger partial charge in [-0.05, 0) is 30.4 Å². The second kappa shape index (κ2) is 8.39. The molecule has 0 atom stereocenters. The van der Waals surface area contributed by atoms with Gasteiger partial charge in [-0.3, -0.25) is 9.59 Å². The number of hydrogen-bond acceptors (Lipinski definition) is 7. The van der Waals surface area contributed by atoms with Crippen LogP contribution in [-0.4, -0.2) is 46.0 Å². The Bertz CT molecular complexity index is 912. The maximum Gasteiger partial charge on any atom is 0.257 e. The molecule has 4 heterocycles. The summed E-state index contributed by atoms with van der Waals surface area (Å²) in [6, 6.07) is 3.66. The van der Waals surface area contributed by atoms with E-state index in [1.165, 1.54) is 12.5 Å². The number of thiophene rings is 1. The second-order valence-electron chi connectivity index (χ2n) is 6.67. The van der Waals surface area contributed by atoms with Gasteiger partial charge in [0, 0.05) is 42.9 Å². The number of aromatic nitrogens is 2. The molecule has 0 unspecified atom stereocenters. The number of carbonyl (C=O) groups excluding carboxylic acids is 2. The molecule has 0 aromatic carbocycles. The summed E-state index contributed by atoms with van der Waals surface area (Å²) in [5.74, 6) is 0.925. The van der Waals surface area contributed by atoms with Crippen molar-refractivity contribution in [1.29, 1.82) is 0 Å². The molecular formula is C19H20N4O4S. The lowest BCUT2D eigenvalue weighted by Gasteiger charge is -2.32. The number of nitrogens with one attached hydrogen (secondary N) is 1. The van der Waals surface area contributed by atoms with E-state index in [1.807, 2.05) is 16.8 Å². The van der Waals surface area contributed by atoms with Crippen molar-refractivity contribution in [2.45, 2.75) is 31.7 Å². The highest BCUT2D eigenvalue weighted by molar-refractivity contribution is 7.08. The average molecular weight is 400 g/mol. The standard InChI is InChI=1S/C19H20N4O4S/c24-16(1-2-17-21-18(22-27-17)14-6-10-28-12-14)20-15-3-7-23(8-4-15)19(25)13-5-9-26-11-13/h5-6,9-12,15H,1-4,7-8H2,(H,20,24). The highest BCUT2D eigenvalue weighted by atomic mass is 32.1. The fourth-order valence-corrected chi connectivity index (χ4v) is 3.82. The van der Waals surface area contributed by atoms with Crippen LogP contribution in [0, 0.1) is 0 Å². The number of piperidine rings is 1. The van der Waals surface area contributed by atoms with Crippen LogP contribution in [0.2, 0.25) is 0 Å². The van der Waals surface area contributed by atoms with Gasteiger partial charge in [0.1, 0.15) is 6.26 Å². The molecule has 9 heteroatoms. The van der Waals surface area contributed by atoms with Crippen molar-refractivity contribution in [3.05, 3.63) is 46.9 Å². The number of rotatable bonds is 6. The zero-order valence-corrected chi connectivity index (χ0v) is 16.0. The van der Waals surface area contributed by atoms with E-state index in [0.717, 1.165) is 18.4 Å². The highest BCUT2D eigenvalue weighted by Gasteiger charge is 2.25. The topological polar surface area (TPSA) is 101 Å². The molecule has 0 aliphatic carbocycles. The van der Waals surface area contributed by atoms with Crippen LogP contribution in [0.5, 0.6) is 0 Å². The predicted octanol–water partition coefficient (Wildman–Crippen LogP) is 2.74. The van der Waals surface area contributed by atoms with Crippen molar-refractivity contribution in [2.75, 3.05) is 13.1 Å². The van der Waals surface area contributed by atoms with Crippen molar-refractivity contribution in [3.63, 3.8) is 0 Å². The number of likely N-dealkylation sites (tertiary alicyclic amines) is 1. The molecule has 0 radical (unpaired) electrons. The van der Waals surface area contributed by atoms with Crippen LogP contribution in [-0.2, 0) is 11.2 Å². The molecule has 1 fully saturated rings. The lowest BCUT2D eigenvalue weighted by molar-refractivity contribution is -0.122. The first-order valence-corrected chi connectivity index (χ1v) is 10.1.